The van der Waals surface area contributed by atoms with Crippen molar-refractivity contribution in [3.63, 3.8) is 0 Å². The van der Waals surface area contributed by atoms with Crippen molar-refractivity contribution in [2.75, 3.05) is 26.2 Å². The van der Waals surface area contributed by atoms with E-state index in [1.165, 1.54) is 16.7 Å². The number of piperazine rings is 1. The van der Waals surface area contributed by atoms with E-state index in [4.69, 9.17) is 5.84 Å². The third-order valence-electron chi connectivity index (χ3n) is 4.86. The molecule has 0 atom stereocenters. The molecule has 0 bridgehead atoms. The van der Waals surface area contributed by atoms with Crippen LogP contribution in [0.15, 0.2) is 48.5 Å². The Morgan fingerprint density at radius 2 is 1.62 bits per heavy atom. The normalized spacial score (nSPS) is 15.0. The van der Waals surface area contributed by atoms with Crippen LogP contribution in [0.4, 0.5) is 0 Å². The Bertz CT molecular complexity index is 708. The molecule has 4 N–H and O–H groups in total. The molecule has 5 nitrogen and oxygen atoms in total. The number of hydrogen-bond donors (Lipinski definition) is 3. The summed E-state index contributed by atoms with van der Waals surface area (Å²) in [7, 11) is 0. The third kappa shape index (κ3) is 5.66. The maximum absolute atomic E-state index is 11.3. The Morgan fingerprint density at radius 1 is 0.962 bits per heavy atom. The van der Waals surface area contributed by atoms with Crippen LogP contribution in [0.2, 0.25) is 0 Å². The standard InChI is InChI=1S/C21H28N4O/c22-24-21(26)15-19-8-5-17(6-9-19)4-7-18-2-1-3-20(14-18)16-25-12-10-23-11-13-25/h1-3,5-6,8-9,14,23H,4,7,10-13,15-16,22H2,(H,24,26). The number of hydrogen-bond acceptors (Lipinski definition) is 4. The lowest BCUT2D eigenvalue weighted by molar-refractivity contribution is -0.120. The van der Waals surface area contributed by atoms with Crippen LogP contribution in [0.1, 0.15) is 22.3 Å². The fraction of sp³-hybridized carbons (Fsp3) is 0.381. The van der Waals surface area contributed by atoms with Crippen LogP contribution in [0.5, 0.6) is 0 Å². The number of amides is 1. The molecule has 1 heterocycles. The zero-order valence-electron chi connectivity index (χ0n) is 15.2. The van der Waals surface area contributed by atoms with E-state index in [1.807, 2.05) is 12.1 Å². The van der Waals surface area contributed by atoms with Gasteiger partial charge in [-0.15, -0.1) is 0 Å². The van der Waals surface area contributed by atoms with E-state index in [2.05, 4.69) is 52.0 Å². The highest BCUT2D eigenvalue weighted by Gasteiger charge is 2.10. The van der Waals surface area contributed by atoms with Gasteiger partial charge in [-0.1, -0.05) is 48.5 Å². The predicted molar refractivity (Wildman–Crippen MR) is 104 cm³/mol. The molecule has 0 spiro atoms. The second kappa shape index (κ2) is 9.48. The van der Waals surface area contributed by atoms with Crippen molar-refractivity contribution in [2.45, 2.75) is 25.8 Å². The number of carbonyl (C=O) groups is 1. The van der Waals surface area contributed by atoms with Crippen molar-refractivity contribution in [1.29, 1.82) is 0 Å². The number of nitrogens with zero attached hydrogens (tertiary/aromatic N) is 1. The van der Waals surface area contributed by atoms with Crippen LogP contribution in [0, 0.1) is 0 Å². The monoisotopic (exact) mass is 352 g/mol. The van der Waals surface area contributed by atoms with E-state index in [1.54, 1.807) is 0 Å². The van der Waals surface area contributed by atoms with E-state index < -0.39 is 0 Å². The molecule has 5 heteroatoms. The minimum atomic E-state index is -0.168. The zero-order valence-corrected chi connectivity index (χ0v) is 15.2. The first-order valence-corrected chi connectivity index (χ1v) is 9.31. The lowest BCUT2D eigenvalue weighted by atomic mass is 10.0. The van der Waals surface area contributed by atoms with E-state index in [9.17, 15) is 4.79 Å². The molecule has 3 rings (SSSR count). The molecule has 1 saturated heterocycles. The summed E-state index contributed by atoms with van der Waals surface area (Å²) < 4.78 is 0. The molecule has 1 aliphatic heterocycles. The Labute approximate surface area is 155 Å². The predicted octanol–water partition coefficient (Wildman–Crippen LogP) is 1.41. The summed E-state index contributed by atoms with van der Waals surface area (Å²) in [5.41, 5.74) is 7.21. The van der Waals surface area contributed by atoms with E-state index in [0.29, 0.717) is 6.42 Å². The summed E-state index contributed by atoms with van der Waals surface area (Å²) in [6, 6.07) is 17.2. The third-order valence-corrected chi connectivity index (χ3v) is 4.86. The van der Waals surface area contributed by atoms with E-state index >= 15 is 0 Å². The lowest BCUT2D eigenvalue weighted by Gasteiger charge is -2.27. The van der Waals surface area contributed by atoms with Gasteiger partial charge in [-0.3, -0.25) is 15.1 Å². The summed E-state index contributed by atoms with van der Waals surface area (Å²) in [5, 5.41) is 3.40. The van der Waals surface area contributed by atoms with Gasteiger partial charge in [0.2, 0.25) is 5.91 Å². The summed E-state index contributed by atoms with van der Waals surface area (Å²) >= 11 is 0. The van der Waals surface area contributed by atoms with Gasteiger partial charge in [0, 0.05) is 32.7 Å². The molecule has 0 aromatic heterocycles. The lowest BCUT2D eigenvalue weighted by Crippen LogP contribution is -2.42. The molecule has 1 aliphatic rings. The average molecular weight is 352 g/mol. The van der Waals surface area contributed by atoms with Gasteiger partial charge in [0.15, 0.2) is 0 Å². The molecule has 0 unspecified atom stereocenters. The molecule has 0 saturated carbocycles. The molecule has 2 aromatic rings. The van der Waals surface area contributed by atoms with Crippen LogP contribution in [0.3, 0.4) is 0 Å². The number of benzene rings is 2. The Kier molecular flexibility index (Phi) is 6.77. The quantitative estimate of drug-likeness (QED) is 0.400. The van der Waals surface area contributed by atoms with Gasteiger partial charge in [-0.05, 0) is 35.1 Å². The van der Waals surface area contributed by atoms with Crippen molar-refractivity contribution in [3.8, 4) is 0 Å². The average Bonchev–Trinajstić information content (AvgIpc) is 2.68. The van der Waals surface area contributed by atoms with Gasteiger partial charge in [0.1, 0.15) is 0 Å². The first-order chi connectivity index (χ1) is 12.7. The SMILES string of the molecule is NNC(=O)Cc1ccc(CCc2cccc(CN3CCNCC3)c2)cc1. The maximum atomic E-state index is 11.3. The van der Waals surface area contributed by atoms with Crippen LogP contribution >= 0.6 is 0 Å². The van der Waals surface area contributed by atoms with E-state index in [-0.39, 0.29) is 5.91 Å². The molecule has 26 heavy (non-hydrogen) atoms. The highest BCUT2D eigenvalue weighted by molar-refractivity contribution is 5.77. The van der Waals surface area contributed by atoms with Crippen LogP contribution in [0.25, 0.3) is 0 Å². The fourth-order valence-electron chi connectivity index (χ4n) is 3.36. The highest BCUT2D eigenvalue weighted by atomic mass is 16.2. The zero-order chi connectivity index (χ0) is 18.2. The number of hydrazine groups is 1. The number of nitrogens with one attached hydrogen (secondary N) is 2. The molecule has 1 fully saturated rings. The number of rotatable bonds is 7. The topological polar surface area (TPSA) is 70.4 Å². The summed E-state index contributed by atoms with van der Waals surface area (Å²) in [4.78, 5) is 13.8. The Balaban J connectivity index is 1.52. The van der Waals surface area contributed by atoms with Gasteiger partial charge in [-0.25, -0.2) is 5.84 Å². The van der Waals surface area contributed by atoms with Gasteiger partial charge in [0.05, 0.1) is 6.42 Å². The number of aryl methyl sites for hydroxylation is 2. The highest BCUT2D eigenvalue weighted by Crippen LogP contribution is 2.13. The molecule has 1 amide bonds. The molecule has 2 aromatic carbocycles. The molecule has 0 radical (unpaired) electrons. The summed E-state index contributed by atoms with van der Waals surface area (Å²) in [6.45, 7) is 5.45. The minimum absolute atomic E-state index is 0.168. The van der Waals surface area contributed by atoms with Crippen molar-refractivity contribution < 1.29 is 4.79 Å². The van der Waals surface area contributed by atoms with Crippen molar-refractivity contribution in [1.82, 2.24) is 15.6 Å². The Hall–Kier alpha value is -2.21. The van der Waals surface area contributed by atoms with Crippen molar-refractivity contribution >= 4 is 5.91 Å². The van der Waals surface area contributed by atoms with Crippen LogP contribution in [-0.2, 0) is 30.6 Å². The Morgan fingerprint density at radius 3 is 2.35 bits per heavy atom. The second-order valence-electron chi connectivity index (χ2n) is 6.91. The first kappa shape index (κ1) is 18.6. The minimum Gasteiger partial charge on any atom is -0.314 e. The van der Waals surface area contributed by atoms with Gasteiger partial charge < -0.3 is 5.32 Å². The van der Waals surface area contributed by atoms with Gasteiger partial charge >= 0.3 is 0 Å². The largest absolute Gasteiger partial charge is 0.314 e. The maximum Gasteiger partial charge on any atom is 0.238 e. The van der Waals surface area contributed by atoms with Crippen LogP contribution in [-0.4, -0.2) is 37.0 Å². The van der Waals surface area contributed by atoms with Crippen molar-refractivity contribution in [2.24, 2.45) is 5.84 Å². The first-order valence-electron chi connectivity index (χ1n) is 9.31. The van der Waals surface area contributed by atoms with Crippen molar-refractivity contribution in [3.05, 3.63) is 70.8 Å². The van der Waals surface area contributed by atoms with Crippen LogP contribution < -0.4 is 16.6 Å². The number of nitrogens with two attached hydrogens (primary N) is 1. The second-order valence-corrected chi connectivity index (χ2v) is 6.91. The molecular weight excluding hydrogens is 324 g/mol. The summed E-state index contributed by atoms with van der Waals surface area (Å²) in [6.07, 6.45) is 2.35. The molecule has 138 valence electrons. The fourth-order valence-corrected chi connectivity index (χ4v) is 3.36. The molecular formula is C21H28N4O. The molecule has 0 aliphatic carbocycles. The van der Waals surface area contributed by atoms with Gasteiger partial charge in [0.25, 0.3) is 0 Å². The van der Waals surface area contributed by atoms with E-state index in [0.717, 1.165) is 51.1 Å². The summed E-state index contributed by atoms with van der Waals surface area (Å²) in [5.74, 6) is 4.96. The smallest absolute Gasteiger partial charge is 0.238 e. The van der Waals surface area contributed by atoms with Gasteiger partial charge in [-0.2, -0.15) is 0 Å². The number of carbonyl (C=O) groups excluding carboxylic acids is 1.